The average Bonchev–Trinajstić information content (AvgIpc) is 3.03. The van der Waals surface area contributed by atoms with Gasteiger partial charge in [-0.2, -0.15) is 0 Å². The van der Waals surface area contributed by atoms with Crippen molar-refractivity contribution >= 4 is 11.8 Å². The molecular formula is C19H19F2N3OS. The van der Waals surface area contributed by atoms with Gasteiger partial charge in [-0.15, -0.1) is 10.2 Å². The normalized spacial score (nSPS) is 10.9. The van der Waals surface area contributed by atoms with E-state index in [2.05, 4.69) is 10.2 Å². The molecule has 0 radical (unpaired) electrons. The highest BCUT2D eigenvalue weighted by Gasteiger charge is 2.15. The molecule has 4 nitrogen and oxygen atoms in total. The lowest BCUT2D eigenvalue weighted by Gasteiger charge is -2.09. The zero-order valence-corrected chi connectivity index (χ0v) is 15.4. The van der Waals surface area contributed by atoms with Crippen LogP contribution in [0.4, 0.5) is 8.78 Å². The van der Waals surface area contributed by atoms with Crippen molar-refractivity contribution in [2.45, 2.75) is 37.9 Å². The van der Waals surface area contributed by atoms with Gasteiger partial charge in [-0.3, -0.25) is 0 Å². The summed E-state index contributed by atoms with van der Waals surface area (Å²) in [5.41, 5.74) is 1.20. The second-order valence-electron chi connectivity index (χ2n) is 5.73. The molecule has 3 rings (SSSR count). The van der Waals surface area contributed by atoms with Gasteiger partial charge in [0.2, 0.25) is 0 Å². The molecule has 26 heavy (non-hydrogen) atoms. The lowest BCUT2D eigenvalue weighted by molar-refractivity contribution is 0.288. The summed E-state index contributed by atoms with van der Waals surface area (Å²) >= 11 is 1.25. The van der Waals surface area contributed by atoms with Crippen LogP contribution >= 0.6 is 11.8 Å². The topological polar surface area (TPSA) is 39.9 Å². The van der Waals surface area contributed by atoms with E-state index in [1.807, 2.05) is 42.7 Å². The summed E-state index contributed by atoms with van der Waals surface area (Å²) in [6.45, 7) is 4.89. The van der Waals surface area contributed by atoms with Crippen molar-refractivity contribution in [3.63, 3.8) is 0 Å². The van der Waals surface area contributed by atoms with Gasteiger partial charge in [0, 0.05) is 17.9 Å². The molecule has 0 saturated carbocycles. The summed E-state index contributed by atoms with van der Waals surface area (Å²) in [6.07, 6.45) is 0. The van der Waals surface area contributed by atoms with Gasteiger partial charge in [0.05, 0.1) is 0 Å². The van der Waals surface area contributed by atoms with E-state index < -0.39 is 11.6 Å². The van der Waals surface area contributed by atoms with Crippen LogP contribution in [0.2, 0.25) is 0 Å². The molecule has 0 aliphatic carbocycles. The Labute approximate surface area is 155 Å². The number of nitrogens with zero attached hydrogens (tertiary/aromatic N) is 3. The zero-order valence-electron chi connectivity index (χ0n) is 14.6. The molecule has 1 aromatic heterocycles. The fraction of sp³-hybridized carbons (Fsp3) is 0.263. The summed E-state index contributed by atoms with van der Waals surface area (Å²) in [5, 5.41) is 8.90. The van der Waals surface area contributed by atoms with Crippen LogP contribution in [0.5, 0.6) is 5.75 Å². The average molecular weight is 375 g/mol. The van der Waals surface area contributed by atoms with Gasteiger partial charge in [0.15, 0.2) is 11.0 Å². The van der Waals surface area contributed by atoms with Crippen LogP contribution < -0.4 is 4.74 Å². The van der Waals surface area contributed by atoms with Crippen LogP contribution in [0.1, 0.15) is 23.9 Å². The number of thioether (sulfide) groups is 1. The van der Waals surface area contributed by atoms with Crippen molar-refractivity contribution in [2.24, 2.45) is 0 Å². The molecule has 0 fully saturated rings. The third kappa shape index (κ3) is 4.22. The molecule has 0 aliphatic rings. The lowest BCUT2D eigenvalue weighted by Crippen LogP contribution is -2.07. The molecule has 0 unspecified atom stereocenters. The fourth-order valence-electron chi connectivity index (χ4n) is 2.44. The SMILES string of the molecule is CCn1c(COc2ccc(C)cc2)nnc1SCc1c(F)cccc1F. The first kappa shape index (κ1) is 18.4. The van der Waals surface area contributed by atoms with E-state index in [0.717, 1.165) is 11.3 Å². The van der Waals surface area contributed by atoms with E-state index in [4.69, 9.17) is 4.74 Å². The van der Waals surface area contributed by atoms with E-state index in [0.29, 0.717) is 17.5 Å². The predicted octanol–water partition coefficient (Wildman–Crippen LogP) is 4.76. The Kier molecular flexibility index (Phi) is 5.88. The van der Waals surface area contributed by atoms with E-state index >= 15 is 0 Å². The monoisotopic (exact) mass is 375 g/mol. The van der Waals surface area contributed by atoms with E-state index in [-0.39, 0.29) is 17.9 Å². The Morgan fingerprint density at radius 3 is 2.38 bits per heavy atom. The minimum atomic E-state index is -0.553. The molecule has 0 spiro atoms. The van der Waals surface area contributed by atoms with Crippen LogP contribution in [0, 0.1) is 18.6 Å². The summed E-state index contributed by atoms with van der Waals surface area (Å²) in [4.78, 5) is 0. The molecule has 3 aromatic rings. The van der Waals surface area contributed by atoms with Crippen molar-refractivity contribution < 1.29 is 13.5 Å². The summed E-state index contributed by atoms with van der Waals surface area (Å²) in [5.74, 6) is 0.467. The number of ether oxygens (including phenoxy) is 1. The van der Waals surface area contributed by atoms with Crippen LogP contribution in [-0.2, 0) is 18.9 Å². The Bertz CT molecular complexity index is 861. The molecule has 0 amide bonds. The minimum Gasteiger partial charge on any atom is -0.486 e. The first-order valence-electron chi connectivity index (χ1n) is 8.25. The Hall–Kier alpha value is -2.41. The van der Waals surface area contributed by atoms with Crippen LogP contribution in [-0.4, -0.2) is 14.8 Å². The predicted molar refractivity (Wildman–Crippen MR) is 97.1 cm³/mol. The maximum atomic E-state index is 13.8. The second-order valence-corrected chi connectivity index (χ2v) is 6.68. The smallest absolute Gasteiger partial charge is 0.191 e. The highest BCUT2D eigenvalue weighted by Crippen LogP contribution is 2.25. The molecule has 0 bridgehead atoms. The number of hydrogen-bond donors (Lipinski definition) is 0. The zero-order chi connectivity index (χ0) is 18.5. The van der Waals surface area contributed by atoms with Crippen LogP contribution in [0.25, 0.3) is 0 Å². The maximum Gasteiger partial charge on any atom is 0.191 e. The van der Waals surface area contributed by atoms with Crippen molar-refractivity contribution in [1.82, 2.24) is 14.8 Å². The first-order chi connectivity index (χ1) is 12.6. The van der Waals surface area contributed by atoms with Gasteiger partial charge < -0.3 is 9.30 Å². The quantitative estimate of drug-likeness (QED) is 0.559. The van der Waals surface area contributed by atoms with Gasteiger partial charge >= 0.3 is 0 Å². The molecular weight excluding hydrogens is 356 g/mol. The Morgan fingerprint density at radius 2 is 1.73 bits per heavy atom. The molecule has 0 saturated heterocycles. The van der Waals surface area contributed by atoms with Gasteiger partial charge in [0.25, 0.3) is 0 Å². The van der Waals surface area contributed by atoms with Gasteiger partial charge in [-0.05, 0) is 38.1 Å². The van der Waals surface area contributed by atoms with Crippen molar-refractivity contribution in [3.05, 3.63) is 71.1 Å². The Balaban J connectivity index is 1.68. The maximum absolute atomic E-state index is 13.8. The molecule has 0 aliphatic heterocycles. The first-order valence-corrected chi connectivity index (χ1v) is 9.24. The number of hydrogen-bond acceptors (Lipinski definition) is 4. The summed E-state index contributed by atoms with van der Waals surface area (Å²) in [6, 6.07) is 11.6. The molecule has 1 heterocycles. The fourth-order valence-corrected chi connectivity index (χ4v) is 3.48. The highest BCUT2D eigenvalue weighted by molar-refractivity contribution is 7.98. The number of halogens is 2. The minimum absolute atomic E-state index is 0.0422. The molecule has 0 atom stereocenters. The third-order valence-electron chi connectivity index (χ3n) is 3.91. The lowest BCUT2D eigenvalue weighted by atomic mass is 10.2. The van der Waals surface area contributed by atoms with Crippen molar-refractivity contribution in [1.29, 1.82) is 0 Å². The second kappa shape index (κ2) is 8.31. The number of benzene rings is 2. The van der Waals surface area contributed by atoms with E-state index in [9.17, 15) is 8.78 Å². The largest absolute Gasteiger partial charge is 0.486 e. The number of aryl methyl sites for hydroxylation is 1. The van der Waals surface area contributed by atoms with Gasteiger partial charge in [-0.25, -0.2) is 8.78 Å². The molecule has 136 valence electrons. The summed E-state index contributed by atoms with van der Waals surface area (Å²) < 4.78 is 35.2. The highest BCUT2D eigenvalue weighted by atomic mass is 32.2. The molecule has 0 N–H and O–H groups in total. The standard InChI is InChI=1S/C19H19F2N3OS/c1-3-24-18(11-25-14-9-7-13(2)8-10-14)22-23-19(24)26-12-15-16(20)5-4-6-17(15)21/h4-10H,3,11-12H2,1-2H3. The van der Waals surface area contributed by atoms with E-state index in [1.54, 1.807) is 0 Å². The Morgan fingerprint density at radius 1 is 1.04 bits per heavy atom. The van der Waals surface area contributed by atoms with Gasteiger partial charge in [-0.1, -0.05) is 35.5 Å². The number of rotatable bonds is 7. The van der Waals surface area contributed by atoms with Crippen molar-refractivity contribution in [2.75, 3.05) is 0 Å². The van der Waals surface area contributed by atoms with E-state index in [1.165, 1.54) is 30.0 Å². The summed E-state index contributed by atoms with van der Waals surface area (Å²) in [7, 11) is 0. The van der Waals surface area contributed by atoms with Crippen LogP contribution in [0.15, 0.2) is 47.6 Å². The van der Waals surface area contributed by atoms with Crippen molar-refractivity contribution in [3.8, 4) is 5.75 Å². The third-order valence-corrected chi connectivity index (χ3v) is 4.90. The van der Waals surface area contributed by atoms with Crippen LogP contribution in [0.3, 0.4) is 0 Å². The molecule has 2 aromatic carbocycles. The number of aromatic nitrogens is 3. The van der Waals surface area contributed by atoms with Gasteiger partial charge in [0.1, 0.15) is 24.0 Å². The molecule has 7 heteroatoms.